The number of nitrogens with zero attached hydrogens (tertiary/aromatic N) is 1. The van der Waals surface area contributed by atoms with Gasteiger partial charge in [0.15, 0.2) is 0 Å². The molecule has 0 aliphatic carbocycles. The summed E-state index contributed by atoms with van der Waals surface area (Å²) in [5, 5.41) is 0.736. The van der Waals surface area contributed by atoms with E-state index in [2.05, 4.69) is 50.1 Å². The van der Waals surface area contributed by atoms with Crippen LogP contribution in [-0.4, -0.2) is 17.1 Å². The normalized spacial score (nSPS) is 21.9. The standard InChI is InChI=1S/C16H12Br2ClN/c17-14-9-20-16(10-4-2-1-3-5-10)13-8-11(19)6-7-12(13)15(14)18/h1-8,14-15H,9H2. The molecule has 0 spiro atoms. The summed E-state index contributed by atoms with van der Waals surface area (Å²) in [5.74, 6) is 0. The second-order valence-electron chi connectivity index (χ2n) is 4.70. The molecule has 20 heavy (non-hydrogen) atoms. The Morgan fingerprint density at radius 3 is 2.55 bits per heavy atom. The largest absolute Gasteiger partial charge is 0.283 e. The molecule has 0 amide bonds. The molecule has 1 aliphatic heterocycles. The summed E-state index contributed by atoms with van der Waals surface area (Å²) < 4.78 is 0. The highest BCUT2D eigenvalue weighted by Crippen LogP contribution is 2.37. The summed E-state index contributed by atoms with van der Waals surface area (Å²) in [5.41, 5.74) is 4.45. The summed E-state index contributed by atoms with van der Waals surface area (Å²) in [6.45, 7) is 0.729. The minimum absolute atomic E-state index is 0.222. The number of hydrogen-bond donors (Lipinski definition) is 0. The van der Waals surface area contributed by atoms with Gasteiger partial charge in [0.1, 0.15) is 0 Å². The van der Waals surface area contributed by atoms with Gasteiger partial charge in [0, 0.05) is 16.1 Å². The third-order valence-electron chi connectivity index (χ3n) is 3.36. The predicted molar refractivity (Wildman–Crippen MR) is 92.8 cm³/mol. The van der Waals surface area contributed by atoms with Gasteiger partial charge in [0.25, 0.3) is 0 Å². The first kappa shape index (κ1) is 14.3. The van der Waals surface area contributed by atoms with Crippen LogP contribution >= 0.6 is 43.5 Å². The molecule has 0 bridgehead atoms. The van der Waals surface area contributed by atoms with Crippen molar-refractivity contribution in [2.45, 2.75) is 9.65 Å². The van der Waals surface area contributed by atoms with E-state index in [1.807, 2.05) is 30.3 Å². The number of benzene rings is 2. The predicted octanol–water partition coefficient (Wildman–Crippen LogP) is 5.39. The van der Waals surface area contributed by atoms with Crippen LogP contribution in [0.25, 0.3) is 0 Å². The summed E-state index contributed by atoms with van der Waals surface area (Å²) in [6, 6.07) is 16.3. The van der Waals surface area contributed by atoms with Gasteiger partial charge in [-0.15, -0.1) is 0 Å². The molecule has 0 saturated carbocycles. The highest BCUT2D eigenvalue weighted by molar-refractivity contribution is 9.12. The number of halogens is 3. The number of hydrogen-bond acceptors (Lipinski definition) is 1. The lowest BCUT2D eigenvalue weighted by Gasteiger charge is -2.16. The third-order valence-corrected chi connectivity index (χ3v) is 6.25. The van der Waals surface area contributed by atoms with Crippen LogP contribution in [0.2, 0.25) is 5.02 Å². The molecule has 2 atom stereocenters. The average Bonchev–Trinajstić information content (AvgIpc) is 2.58. The van der Waals surface area contributed by atoms with Crippen LogP contribution in [0.4, 0.5) is 0 Å². The van der Waals surface area contributed by atoms with E-state index in [4.69, 9.17) is 16.6 Å². The quantitative estimate of drug-likeness (QED) is 0.556. The van der Waals surface area contributed by atoms with E-state index in [9.17, 15) is 0 Å². The van der Waals surface area contributed by atoms with Gasteiger partial charge in [0.2, 0.25) is 0 Å². The summed E-state index contributed by atoms with van der Waals surface area (Å²) in [4.78, 5) is 5.28. The van der Waals surface area contributed by atoms with Gasteiger partial charge in [-0.05, 0) is 17.7 Å². The lowest BCUT2D eigenvalue weighted by atomic mass is 9.96. The molecule has 0 fully saturated rings. The zero-order valence-corrected chi connectivity index (χ0v) is 14.5. The van der Waals surface area contributed by atoms with E-state index in [0.29, 0.717) is 0 Å². The molecule has 2 aromatic rings. The van der Waals surface area contributed by atoms with Gasteiger partial charge in [-0.2, -0.15) is 0 Å². The molecule has 0 N–H and O–H groups in total. The number of aliphatic imine (C=N–C) groups is 1. The first-order valence-electron chi connectivity index (χ1n) is 6.34. The van der Waals surface area contributed by atoms with Crippen molar-refractivity contribution in [2.24, 2.45) is 4.99 Å². The molecule has 2 unspecified atom stereocenters. The second kappa shape index (κ2) is 6.00. The Labute approximate surface area is 140 Å². The molecule has 3 rings (SSSR count). The van der Waals surface area contributed by atoms with Gasteiger partial charge < -0.3 is 0 Å². The Balaban J connectivity index is 2.20. The number of alkyl halides is 2. The minimum atomic E-state index is 0.222. The molecule has 1 nitrogen and oxygen atoms in total. The highest BCUT2D eigenvalue weighted by atomic mass is 79.9. The number of rotatable bonds is 1. The molecule has 4 heteroatoms. The van der Waals surface area contributed by atoms with E-state index >= 15 is 0 Å². The SMILES string of the molecule is Clc1ccc2c(c1)C(c1ccccc1)=NCC(Br)C2Br. The third kappa shape index (κ3) is 2.72. The van der Waals surface area contributed by atoms with E-state index < -0.39 is 0 Å². The Morgan fingerprint density at radius 2 is 1.80 bits per heavy atom. The van der Waals surface area contributed by atoms with Crippen molar-refractivity contribution >= 4 is 49.2 Å². The lowest BCUT2D eigenvalue weighted by Crippen LogP contribution is -2.09. The van der Waals surface area contributed by atoms with Gasteiger partial charge in [-0.25, -0.2) is 0 Å². The van der Waals surface area contributed by atoms with Crippen LogP contribution in [0.5, 0.6) is 0 Å². The smallest absolute Gasteiger partial charge is 0.0723 e. The molecule has 1 heterocycles. The van der Waals surface area contributed by atoms with Crippen molar-refractivity contribution in [2.75, 3.05) is 6.54 Å². The first-order chi connectivity index (χ1) is 9.66. The molecule has 0 saturated heterocycles. The molecule has 102 valence electrons. The monoisotopic (exact) mass is 411 g/mol. The van der Waals surface area contributed by atoms with Gasteiger partial charge in [-0.1, -0.05) is 79.9 Å². The molecule has 0 radical (unpaired) electrons. The van der Waals surface area contributed by atoms with Gasteiger partial charge in [-0.3, -0.25) is 4.99 Å². The Kier molecular flexibility index (Phi) is 4.29. The maximum atomic E-state index is 6.18. The van der Waals surface area contributed by atoms with E-state index in [1.54, 1.807) is 0 Å². The zero-order chi connectivity index (χ0) is 14.1. The summed E-state index contributed by atoms with van der Waals surface area (Å²) in [6.07, 6.45) is 0. The lowest BCUT2D eigenvalue weighted by molar-refractivity contribution is 0.872. The van der Waals surface area contributed by atoms with Crippen molar-refractivity contribution in [1.82, 2.24) is 0 Å². The van der Waals surface area contributed by atoms with E-state index in [1.165, 1.54) is 5.56 Å². The van der Waals surface area contributed by atoms with Gasteiger partial charge >= 0.3 is 0 Å². The van der Waals surface area contributed by atoms with Crippen molar-refractivity contribution in [3.63, 3.8) is 0 Å². The summed E-state index contributed by atoms with van der Waals surface area (Å²) >= 11 is 13.7. The van der Waals surface area contributed by atoms with Crippen LogP contribution in [0.1, 0.15) is 21.5 Å². The fourth-order valence-corrected chi connectivity index (χ4v) is 3.54. The fourth-order valence-electron chi connectivity index (χ4n) is 2.37. The Bertz CT molecular complexity index is 655. The van der Waals surface area contributed by atoms with Crippen molar-refractivity contribution in [1.29, 1.82) is 0 Å². The van der Waals surface area contributed by atoms with Crippen molar-refractivity contribution in [3.05, 3.63) is 70.2 Å². The Hall–Kier alpha value is -0.640. The van der Waals surface area contributed by atoms with Crippen LogP contribution in [0, 0.1) is 0 Å². The molecular formula is C16H12Br2ClN. The fraction of sp³-hybridized carbons (Fsp3) is 0.188. The topological polar surface area (TPSA) is 12.4 Å². The van der Waals surface area contributed by atoms with E-state index in [0.717, 1.165) is 28.4 Å². The van der Waals surface area contributed by atoms with Crippen LogP contribution < -0.4 is 0 Å². The number of fused-ring (bicyclic) bond motifs is 1. The van der Waals surface area contributed by atoms with Crippen molar-refractivity contribution < 1.29 is 0 Å². The van der Waals surface area contributed by atoms with Crippen LogP contribution in [0.3, 0.4) is 0 Å². The van der Waals surface area contributed by atoms with Crippen LogP contribution in [0.15, 0.2) is 53.5 Å². The van der Waals surface area contributed by atoms with E-state index in [-0.39, 0.29) is 9.65 Å². The second-order valence-corrected chi connectivity index (χ2v) is 7.30. The molecule has 2 aromatic carbocycles. The molecule has 0 aromatic heterocycles. The summed E-state index contributed by atoms with van der Waals surface area (Å²) in [7, 11) is 0. The molecular weight excluding hydrogens is 401 g/mol. The highest BCUT2D eigenvalue weighted by Gasteiger charge is 2.26. The first-order valence-corrected chi connectivity index (χ1v) is 8.55. The zero-order valence-electron chi connectivity index (χ0n) is 10.6. The Morgan fingerprint density at radius 1 is 1.05 bits per heavy atom. The maximum absolute atomic E-state index is 6.18. The molecule has 1 aliphatic rings. The van der Waals surface area contributed by atoms with Crippen molar-refractivity contribution in [3.8, 4) is 0 Å². The average molecular weight is 414 g/mol. The van der Waals surface area contributed by atoms with Gasteiger partial charge in [0.05, 0.1) is 21.9 Å². The minimum Gasteiger partial charge on any atom is -0.283 e. The van der Waals surface area contributed by atoms with Crippen LogP contribution in [-0.2, 0) is 0 Å². The maximum Gasteiger partial charge on any atom is 0.0723 e.